The first-order valence-corrected chi connectivity index (χ1v) is 7.38. The van der Waals surface area contributed by atoms with Gasteiger partial charge in [-0.05, 0) is 18.9 Å². The summed E-state index contributed by atoms with van der Waals surface area (Å²) in [5, 5.41) is 14.8. The Morgan fingerprint density at radius 3 is 2.91 bits per heavy atom. The summed E-state index contributed by atoms with van der Waals surface area (Å²) < 4.78 is 7.21. The van der Waals surface area contributed by atoms with E-state index in [-0.39, 0.29) is 12.1 Å². The van der Waals surface area contributed by atoms with E-state index in [4.69, 9.17) is 10.5 Å². The first-order chi connectivity index (χ1) is 10.6. The monoisotopic (exact) mass is 302 g/mol. The highest BCUT2D eigenvalue weighted by molar-refractivity contribution is 5.84. The molecule has 116 valence electrons. The Kier molecular flexibility index (Phi) is 2.72. The second-order valence-corrected chi connectivity index (χ2v) is 6.15. The van der Waals surface area contributed by atoms with Crippen LogP contribution in [0.15, 0.2) is 18.3 Å². The smallest absolute Gasteiger partial charge is 0.407 e. The number of nitrogen functional groups attached to an aromatic ring is 1. The van der Waals surface area contributed by atoms with Crippen molar-refractivity contribution >= 4 is 22.7 Å². The minimum absolute atomic E-state index is 0.124. The van der Waals surface area contributed by atoms with Gasteiger partial charge >= 0.3 is 6.09 Å². The van der Waals surface area contributed by atoms with Crippen LogP contribution in [0.1, 0.15) is 18.9 Å². The number of nitrogens with zero attached hydrogens (tertiary/aromatic N) is 3. The number of fused-ring (bicyclic) bond motifs is 3. The van der Waals surface area contributed by atoms with Gasteiger partial charge < -0.3 is 20.5 Å². The highest BCUT2D eigenvalue weighted by Gasteiger charge is 2.47. The number of likely N-dealkylation sites (tertiary alicyclic amines) is 1. The van der Waals surface area contributed by atoms with Crippen LogP contribution >= 0.6 is 0 Å². The molecule has 3 atom stereocenters. The van der Waals surface area contributed by atoms with E-state index in [1.54, 1.807) is 12.0 Å². The maximum absolute atomic E-state index is 11.2. The zero-order valence-electron chi connectivity index (χ0n) is 12.3. The van der Waals surface area contributed by atoms with Crippen molar-refractivity contribution in [3.8, 4) is 5.75 Å². The third kappa shape index (κ3) is 1.81. The molecule has 1 aromatic carbocycles. The zero-order chi connectivity index (χ0) is 15.4. The van der Waals surface area contributed by atoms with Crippen LogP contribution in [0.4, 0.5) is 10.5 Å². The molecule has 3 N–H and O–H groups in total. The van der Waals surface area contributed by atoms with E-state index in [0.717, 1.165) is 23.7 Å². The number of aromatic nitrogens is 2. The second kappa shape index (κ2) is 4.53. The minimum Gasteiger partial charge on any atom is -0.495 e. The first kappa shape index (κ1) is 13.2. The van der Waals surface area contributed by atoms with Crippen molar-refractivity contribution < 1.29 is 14.6 Å². The molecule has 1 aliphatic heterocycles. The van der Waals surface area contributed by atoms with E-state index in [1.165, 1.54) is 0 Å². The molecule has 7 nitrogen and oxygen atoms in total. The molecule has 0 unspecified atom stereocenters. The number of rotatable bonds is 2. The van der Waals surface area contributed by atoms with Crippen molar-refractivity contribution in [3.05, 3.63) is 18.3 Å². The summed E-state index contributed by atoms with van der Waals surface area (Å²) in [6, 6.07) is 4.10. The number of ether oxygens (including phenoxy) is 1. The number of carboxylic acid groups (broad SMARTS) is 1. The summed E-state index contributed by atoms with van der Waals surface area (Å²) >= 11 is 0. The standard InChI is InChI=1S/C15H18N4O3/c1-22-14-5-12-8(3-11(14)16)7-19(17-12)13-4-10-2-9(13)6-18(10)15(20)21/h3,5,7,9-10,13H,2,4,6,16H2,1H3,(H,20,21)/t9-,10-,13-/m0/s1. The van der Waals surface area contributed by atoms with Crippen LogP contribution in [-0.2, 0) is 0 Å². The highest BCUT2D eigenvalue weighted by Crippen LogP contribution is 2.45. The molecule has 2 fully saturated rings. The molecule has 2 bridgehead atoms. The van der Waals surface area contributed by atoms with Gasteiger partial charge in [0.15, 0.2) is 0 Å². The highest BCUT2D eigenvalue weighted by atomic mass is 16.5. The quantitative estimate of drug-likeness (QED) is 0.827. The molecular formula is C15H18N4O3. The van der Waals surface area contributed by atoms with Crippen molar-refractivity contribution in [1.82, 2.24) is 14.7 Å². The molecule has 1 saturated carbocycles. The lowest BCUT2D eigenvalue weighted by Crippen LogP contribution is -2.39. The molecule has 1 aromatic heterocycles. The molecule has 2 heterocycles. The van der Waals surface area contributed by atoms with Gasteiger partial charge in [-0.2, -0.15) is 5.10 Å². The van der Waals surface area contributed by atoms with Gasteiger partial charge in [0.05, 0.1) is 24.4 Å². The zero-order valence-corrected chi connectivity index (χ0v) is 12.3. The summed E-state index contributed by atoms with van der Waals surface area (Å²) in [6.07, 6.45) is 2.95. The van der Waals surface area contributed by atoms with Gasteiger partial charge in [0.25, 0.3) is 0 Å². The number of amides is 1. The number of anilines is 1. The van der Waals surface area contributed by atoms with Gasteiger partial charge in [0, 0.05) is 36.2 Å². The molecule has 0 spiro atoms. The SMILES string of the molecule is COc1cc2nn([C@H]3C[C@@H]4C[C@H]3CN4C(=O)O)cc2cc1N. The fourth-order valence-electron chi connectivity index (χ4n) is 3.92. The van der Waals surface area contributed by atoms with Crippen LogP contribution in [0.25, 0.3) is 10.9 Å². The number of hydrogen-bond donors (Lipinski definition) is 2. The van der Waals surface area contributed by atoms with E-state index in [9.17, 15) is 9.90 Å². The van der Waals surface area contributed by atoms with E-state index >= 15 is 0 Å². The number of hydrogen-bond acceptors (Lipinski definition) is 4. The average Bonchev–Trinajstić information content (AvgIpc) is 3.18. The number of piperidine rings is 1. The molecule has 1 saturated heterocycles. The fourth-order valence-corrected chi connectivity index (χ4v) is 3.92. The molecule has 1 aliphatic carbocycles. The van der Waals surface area contributed by atoms with Crippen molar-refractivity contribution in [2.45, 2.75) is 24.9 Å². The third-order valence-corrected chi connectivity index (χ3v) is 4.96. The summed E-state index contributed by atoms with van der Waals surface area (Å²) in [4.78, 5) is 12.7. The molecule has 22 heavy (non-hydrogen) atoms. The number of methoxy groups -OCH3 is 1. The predicted octanol–water partition coefficient (Wildman–Crippen LogP) is 1.94. The maximum atomic E-state index is 11.2. The number of nitrogens with two attached hydrogens (primary N) is 1. The van der Waals surface area contributed by atoms with Crippen LogP contribution < -0.4 is 10.5 Å². The Morgan fingerprint density at radius 1 is 1.45 bits per heavy atom. The predicted molar refractivity (Wildman–Crippen MR) is 81.0 cm³/mol. The van der Waals surface area contributed by atoms with Gasteiger partial charge in [-0.15, -0.1) is 0 Å². The summed E-state index contributed by atoms with van der Waals surface area (Å²) in [5.74, 6) is 0.970. The van der Waals surface area contributed by atoms with E-state index in [1.807, 2.05) is 23.0 Å². The number of benzene rings is 1. The minimum atomic E-state index is -0.811. The third-order valence-electron chi connectivity index (χ3n) is 4.96. The van der Waals surface area contributed by atoms with Crippen molar-refractivity contribution in [2.24, 2.45) is 5.92 Å². The molecule has 0 radical (unpaired) electrons. The van der Waals surface area contributed by atoms with Crippen molar-refractivity contribution in [2.75, 3.05) is 19.4 Å². The molecule has 2 aliphatic rings. The molecule has 1 amide bonds. The van der Waals surface area contributed by atoms with Crippen LogP contribution in [0, 0.1) is 5.92 Å². The summed E-state index contributed by atoms with van der Waals surface area (Å²) in [5.41, 5.74) is 7.39. The molecular weight excluding hydrogens is 284 g/mol. The van der Waals surface area contributed by atoms with Gasteiger partial charge in [0.1, 0.15) is 5.75 Å². The largest absolute Gasteiger partial charge is 0.495 e. The van der Waals surface area contributed by atoms with Crippen LogP contribution in [0.5, 0.6) is 5.75 Å². The Morgan fingerprint density at radius 2 is 2.27 bits per heavy atom. The number of carbonyl (C=O) groups is 1. The van der Waals surface area contributed by atoms with E-state index < -0.39 is 6.09 Å². The van der Waals surface area contributed by atoms with Crippen LogP contribution in [0.3, 0.4) is 0 Å². The Labute approximate surface area is 127 Å². The van der Waals surface area contributed by atoms with Crippen molar-refractivity contribution in [3.63, 3.8) is 0 Å². The maximum Gasteiger partial charge on any atom is 0.407 e. The summed E-state index contributed by atoms with van der Waals surface area (Å²) in [7, 11) is 1.59. The first-order valence-electron chi connectivity index (χ1n) is 7.38. The van der Waals surface area contributed by atoms with Gasteiger partial charge in [-0.1, -0.05) is 0 Å². The van der Waals surface area contributed by atoms with Gasteiger partial charge in [0.2, 0.25) is 0 Å². The molecule has 4 rings (SSSR count). The normalized spacial score (nSPS) is 26.8. The van der Waals surface area contributed by atoms with Crippen LogP contribution in [0.2, 0.25) is 0 Å². The van der Waals surface area contributed by atoms with E-state index in [0.29, 0.717) is 23.9 Å². The lowest BCUT2D eigenvalue weighted by Gasteiger charge is -2.29. The van der Waals surface area contributed by atoms with Crippen LogP contribution in [-0.4, -0.2) is 45.6 Å². The van der Waals surface area contributed by atoms with Crippen molar-refractivity contribution in [1.29, 1.82) is 0 Å². The Hall–Kier alpha value is -2.44. The van der Waals surface area contributed by atoms with E-state index in [2.05, 4.69) is 5.10 Å². The Balaban J connectivity index is 1.65. The molecule has 7 heteroatoms. The topological polar surface area (TPSA) is 93.6 Å². The lowest BCUT2D eigenvalue weighted by molar-refractivity contribution is 0.119. The van der Waals surface area contributed by atoms with Gasteiger partial charge in [-0.25, -0.2) is 4.79 Å². The van der Waals surface area contributed by atoms with Gasteiger partial charge in [-0.3, -0.25) is 4.68 Å². The fraction of sp³-hybridized carbons (Fsp3) is 0.467. The second-order valence-electron chi connectivity index (χ2n) is 6.15. The summed E-state index contributed by atoms with van der Waals surface area (Å²) in [6.45, 7) is 0.604. The molecule has 2 aromatic rings. The Bertz CT molecular complexity index is 757. The lowest BCUT2D eigenvalue weighted by atomic mass is 10.0. The average molecular weight is 302 g/mol.